The highest BCUT2D eigenvalue weighted by atomic mass is 16.2. The van der Waals surface area contributed by atoms with E-state index in [1.165, 1.54) is 0 Å². The Morgan fingerprint density at radius 2 is 2.47 bits per heavy atom. The van der Waals surface area contributed by atoms with Crippen molar-refractivity contribution in [3.05, 3.63) is 24.5 Å². The molecule has 1 aliphatic rings. The minimum Gasteiger partial charge on any atom is -0.310 e. The van der Waals surface area contributed by atoms with Crippen LogP contribution < -0.4 is 10.2 Å². The summed E-state index contributed by atoms with van der Waals surface area (Å²) < 4.78 is 0. The molecule has 1 aliphatic heterocycles. The van der Waals surface area contributed by atoms with E-state index >= 15 is 0 Å². The molecule has 1 aromatic rings. The molecule has 1 aromatic heterocycles. The van der Waals surface area contributed by atoms with E-state index in [1.807, 2.05) is 19.2 Å². The molecule has 1 unspecified atom stereocenters. The Morgan fingerprint density at radius 1 is 1.60 bits per heavy atom. The van der Waals surface area contributed by atoms with E-state index < -0.39 is 0 Å². The lowest BCUT2D eigenvalue weighted by Crippen LogP contribution is -2.49. The minimum absolute atomic E-state index is 0.0426. The third kappa shape index (κ3) is 1.99. The lowest BCUT2D eigenvalue weighted by molar-refractivity contribution is -0.121. The van der Waals surface area contributed by atoms with E-state index in [0.29, 0.717) is 0 Å². The number of piperidine rings is 1. The molecular weight excluding hydrogens is 190 g/mol. The van der Waals surface area contributed by atoms with Crippen molar-refractivity contribution in [3.8, 4) is 0 Å². The molecule has 1 amide bonds. The predicted octanol–water partition coefficient (Wildman–Crippen LogP) is 0.796. The highest BCUT2D eigenvalue weighted by Gasteiger charge is 2.28. The lowest BCUT2D eigenvalue weighted by atomic mass is 10.0. The van der Waals surface area contributed by atoms with Gasteiger partial charge < -0.3 is 10.2 Å². The average molecular weight is 205 g/mol. The van der Waals surface area contributed by atoms with Crippen molar-refractivity contribution in [2.75, 3.05) is 18.5 Å². The van der Waals surface area contributed by atoms with Gasteiger partial charge in [0.1, 0.15) is 0 Å². The first kappa shape index (κ1) is 10.1. The zero-order valence-corrected chi connectivity index (χ0v) is 8.81. The molecule has 0 spiro atoms. The first-order valence-electron chi connectivity index (χ1n) is 5.21. The van der Waals surface area contributed by atoms with Crippen LogP contribution in [0.25, 0.3) is 0 Å². The highest BCUT2D eigenvalue weighted by Crippen LogP contribution is 2.19. The summed E-state index contributed by atoms with van der Waals surface area (Å²) in [6.07, 6.45) is 5.40. The maximum absolute atomic E-state index is 12.0. The third-order valence-corrected chi connectivity index (χ3v) is 2.74. The van der Waals surface area contributed by atoms with Gasteiger partial charge in [-0.2, -0.15) is 0 Å². The Morgan fingerprint density at radius 3 is 3.13 bits per heavy atom. The Bertz CT molecular complexity index is 339. The SMILES string of the molecule is CNC1CCCN(c2cccnc2)C1=O. The summed E-state index contributed by atoms with van der Waals surface area (Å²) in [4.78, 5) is 17.8. The van der Waals surface area contributed by atoms with E-state index in [2.05, 4.69) is 10.3 Å². The van der Waals surface area contributed by atoms with Gasteiger partial charge in [-0.05, 0) is 32.0 Å². The number of carbonyl (C=O) groups excluding carboxylic acids is 1. The van der Waals surface area contributed by atoms with E-state index in [0.717, 1.165) is 25.1 Å². The van der Waals surface area contributed by atoms with Gasteiger partial charge in [-0.25, -0.2) is 0 Å². The molecule has 1 atom stereocenters. The van der Waals surface area contributed by atoms with Gasteiger partial charge in [-0.15, -0.1) is 0 Å². The summed E-state index contributed by atoms with van der Waals surface area (Å²) in [5.74, 6) is 0.150. The van der Waals surface area contributed by atoms with Crippen molar-refractivity contribution in [1.29, 1.82) is 0 Å². The van der Waals surface area contributed by atoms with Gasteiger partial charge in [0.15, 0.2) is 0 Å². The minimum atomic E-state index is -0.0426. The molecule has 4 nitrogen and oxygen atoms in total. The Kier molecular flexibility index (Phi) is 2.97. The van der Waals surface area contributed by atoms with Crippen LogP contribution in [0, 0.1) is 0 Å². The number of rotatable bonds is 2. The zero-order valence-electron chi connectivity index (χ0n) is 8.81. The van der Waals surface area contributed by atoms with Crippen molar-refractivity contribution < 1.29 is 4.79 Å². The number of likely N-dealkylation sites (N-methyl/N-ethyl adjacent to an activating group) is 1. The summed E-state index contributed by atoms with van der Waals surface area (Å²) in [5, 5.41) is 3.04. The van der Waals surface area contributed by atoms with Crippen LogP contribution in [0.3, 0.4) is 0 Å². The molecule has 4 heteroatoms. The van der Waals surface area contributed by atoms with Gasteiger partial charge >= 0.3 is 0 Å². The number of carbonyl (C=O) groups is 1. The van der Waals surface area contributed by atoms with E-state index in [9.17, 15) is 4.79 Å². The second-order valence-electron chi connectivity index (χ2n) is 3.68. The fourth-order valence-corrected chi connectivity index (χ4v) is 1.91. The number of aromatic nitrogens is 1. The molecule has 0 aromatic carbocycles. The standard InChI is InChI=1S/C11H15N3O/c1-12-10-5-3-7-14(11(10)15)9-4-2-6-13-8-9/h2,4,6,8,10,12H,3,5,7H2,1H3. The largest absolute Gasteiger partial charge is 0.310 e. The number of pyridine rings is 1. The third-order valence-electron chi connectivity index (χ3n) is 2.74. The van der Waals surface area contributed by atoms with Crippen molar-refractivity contribution in [2.24, 2.45) is 0 Å². The fraction of sp³-hybridized carbons (Fsp3) is 0.455. The molecule has 1 N–H and O–H groups in total. The molecule has 80 valence electrons. The number of nitrogens with zero attached hydrogens (tertiary/aromatic N) is 2. The summed E-state index contributed by atoms with van der Waals surface area (Å²) >= 11 is 0. The van der Waals surface area contributed by atoms with Crippen molar-refractivity contribution in [2.45, 2.75) is 18.9 Å². The van der Waals surface area contributed by atoms with Crippen LogP contribution >= 0.6 is 0 Å². The first-order valence-corrected chi connectivity index (χ1v) is 5.21. The maximum atomic E-state index is 12.0. The topological polar surface area (TPSA) is 45.2 Å². The quantitative estimate of drug-likeness (QED) is 0.776. The Balaban J connectivity index is 2.19. The number of hydrogen-bond acceptors (Lipinski definition) is 3. The van der Waals surface area contributed by atoms with Gasteiger partial charge in [0.2, 0.25) is 5.91 Å². The summed E-state index contributed by atoms with van der Waals surface area (Å²) in [6.45, 7) is 0.794. The number of amides is 1. The van der Waals surface area contributed by atoms with Crippen LogP contribution in [0.15, 0.2) is 24.5 Å². The van der Waals surface area contributed by atoms with Crippen LogP contribution in [0.1, 0.15) is 12.8 Å². The Labute approximate surface area is 89.3 Å². The first-order chi connectivity index (χ1) is 7.33. The smallest absolute Gasteiger partial charge is 0.244 e. The van der Waals surface area contributed by atoms with E-state index in [1.54, 1.807) is 17.3 Å². The van der Waals surface area contributed by atoms with Gasteiger partial charge in [0.05, 0.1) is 17.9 Å². The van der Waals surface area contributed by atoms with Crippen molar-refractivity contribution in [3.63, 3.8) is 0 Å². The second kappa shape index (κ2) is 4.40. The van der Waals surface area contributed by atoms with Crippen molar-refractivity contribution >= 4 is 11.6 Å². The van der Waals surface area contributed by atoms with Gasteiger partial charge in [0.25, 0.3) is 0 Å². The molecule has 2 heterocycles. The normalized spacial score (nSPS) is 21.8. The highest BCUT2D eigenvalue weighted by molar-refractivity contribution is 5.97. The molecule has 0 aliphatic carbocycles. The van der Waals surface area contributed by atoms with Gasteiger partial charge in [0, 0.05) is 12.7 Å². The number of nitrogens with one attached hydrogen (secondary N) is 1. The number of hydrogen-bond donors (Lipinski definition) is 1. The molecule has 1 saturated heterocycles. The van der Waals surface area contributed by atoms with Crippen LogP contribution in [-0.4, -0.2) is 30.5 Å². The monoisotopic (exact) mass is 205 g/mol. The van der Waals surface area contributed by atoms with Crippen LogP contribution in [0.4, 0.5) is 5.69 Å². The molecule has 0 bridgehead atoms. The average Bonchev–Trinajstić information content (AvgIpc) is 2.30. The number of anilines is 1. The predicted molar refractivity (Wildman–Crippen MR) is 58.7 cm³/mol. The van der Waals surface area contributed by atoms with E-state index in [4.69, 9.17) is 0 Å². The molecule has 0 radical (unpaired) electrons. The van der Waals surface area contributed by atoms with Crippen LogP contribution in [0.5, 0.6) is 0 Å². The van der Waals surface area contributed by atoms with E-state index in [-0.39, 0.29) is 11.9 Å². The fourth-order valence-electron chi connectivity index (χ4n) is 1.91. The van der Waals surface area contributed by atoms with Gasteiger partial charge in [-0.3, -0.25) is 9.78 Å². The summed E-state index contributed by atoms with van der Waals surface area (Å²) in [6, 6.07) is 3.73. The van der Waals surface area contributed by atoms with Gasteiger partial charge in [-0.1, -0.05) is 0 Å². The van der Waals surface area contributed by atoms with Crippen molar-refractivity contribution in [1.82, 2.24) is 10.3 Å². The van der Waals surface area contributed by atoms with Crippen LogP contribution in [0.2, 0.25) is 0 Å². The second-order valence-corrected chi connectivity index (χ2v) is 3.68. The lowest BCUT2D eigenvalue weighted by Gasteiger charge is -2.31. The summed E-state index contributed by atoms with van der Waals surface area (Å²) in [7, 11) is 1.83. The van der Waals surface area contributed by atoms with Crippen LogP contribution in [-0.2, 0) is 4.79 Å². The maximum Gasteiger partial charge on any atom is 0.244 e. The molecule has 15 heavy (non-hydrogen) atoms. The molecule has 1 fully saturated rings. The summed E-state index contributed by atoms with van der Waals surface area (Å²) in [5.41, 5.74) is 0.891. The molecule has 2 rings (SSSR count). The Hall–Kier alpha value is -1.42. The molecular formula is C11H15N3O. The molecule has 0 saturated carbocycles. The zero-order chi connectivity index (χ0) is 10.7.